The average Bonchev–Trinajstić information content (AvgIpc) is 3.18. The topological polar surface area (TPSA) is 32.3 Å². The number of carbonyl (C=O) groups is 1. The summed E-state index contributed by atoms with van der Waals surface area (Å²) in [7, 11) is 4.09. The van der Waals surface area contributed by atoms with E-state index >= 15 is 0 Å². The van der Waals surface area contributed by atoms with Crippen molar-refractivity contribution in [2.75, 3.05) is 20.6 Å². The molecule has 0 fully saturated rings. The van der Waals surface area contributed by atoms with Gasteiger partial charge in [-0.3, -0.25) is 4.79 Å². The van der Waals surface area contributed by atoms with E-state index in [9.17, 15) is 4.79 Å². The van der Waals surface area contributed by atoms with Crippen LogP contribution in [0.15, 0.2) is 78.2 Å². The van der Waals surface area contributed by atoms with Gasteiger partial charge in [0.2, 0.25) is 5.91 Å². The van der Waals surface area contributed by atoms with Crippen molar-refractivity contribution < 1.29 is 4.79 Å². The maximum absolute atomic E-state index is 13.1. The van der Waals surface area contributed by atoms with E-state index in [1.807, 2.05) is 74.8 Å². The molecule has 1 atom stereocenters. The normalized spacial score (nSPS) is 12.3. The number of hydrogen-bond acceptors (Lipinski definition) is 3. The summed E-state index contributed by atoms with van der Waals surface area (Å²) in [5, 5.41) is 5.25. The highest BCUT2D eigenvalue weighted by atomic mass is 32.1. The highest BCUT2D eigenvalue weighted by Gasteiger charge is 2.24. The summed E-state index contributed by atoms with van der Waals surface area (Å²) in [5.74, 6) is -0.269. The zero-order chi connectivity index (χ0) is 18.4. The Morgan fingerprint density at radius 2 is 1.50 bits per heavy atom. The fraction of sp³-hybridized carbons (Fsp3) is 0.227. The molecule has 0 radical (unpaired) electrons. The number of likely N-dealkylation sites (N-methyl/N-ethyl adjacent to an activating group) is 1. The fourth-order valence-electron chi connectivity index (χ4n) is 3.10. The predicted octanol–water partition coefficient (Wildman–Crippen LogP) is 4.30. The third-order valence-electron chi connectivity index (χ3n) is 4.49. The van der Waals surface area contributed by atoms with Crippen molar-refractivity contribution in [3.63, 3.8) is 0 Å². The summed E-state index contributed by atoms with van der Waals surface area (Å²) in [6.07, 6.45) is 0. The van der Waals surface area contributed by atoms with Gasteiger partial charge in [0.15, 0.2) is 0 Å². The van der Waals surface area contributed by atoms with Crippen LogP contribution in [0, 0.1) is 0 Å². The van der Waals surface area contributed by atoms with Crippen molar-refractivity contribution in [1.82, 2.24) is 10.2 Å². The summed E-state index contributed by atoms with van der Waals surface area (Å²) < 4.78 is 0. The van der Waals surface area contributed by atoms with Gasteiger partial charge in [-0.15, -0.1) is 11.3 Å². The van der Waals surface area contributed by atoms with Gasteiger partial charge < -0.3 is 10.2 Å². The first-order chi connectivity index (χ1) is 12.7. The van der Waals surface area contributed by atoms with Crippen LogP contribution in [-0.2, 0) is 4.79 Å². The molecule has 2 aromatic carbocycles. The minimum absolute atomic E-state index is 0.0332. The third kappa shape index (κ3) is 4.40. The quantitative estimate of drug-likeness (QED) is 0.678. The molecular weight excluding hydrogens is 340 g/mol. The van der Waals surface area contributed by atoms with Crippen molar-refractivity contribution >= 4 is 17.2 Å². The van der Waals surface area contributed by atoms with Crippen LogP contribution in [0.3, 0.4) is 0 Å². The van der Waals surface area contributed by atoms with E-state index in [-0.39, 0.29) is 17.9 Å². The lowest BCUT2D eigenvalue weighted by molar-refractivity contribution is -0.121. The molecule has 134 valence electrons. The minimum atomic E-state index is -0.302. The van der Waals surface area contributed by atoms with Crippen LogP contribution >= 0.6 is 11.3 Å². The van der Waals surface area contributed by atoms with E-state index in [4.69, 9.17) is 0 Å². The first-order valence-corrected chi connectivity index (χ1v) is 9.62. The molecule has 1 N–H and O–H groups in total. The van der Waals surface area contributed by atoms with Gasteiger partial charge in [0, 0.05) is 11.4 Å². The molecule has 3 rings (SSSR count). The van der Waals surface area contributed by atoms with Crippen LogP contribution in [0.4, 0.5) is 0 Å². The molecule has 0 unspecified atom stereocenters. The number of amides is 1. The van der Waals surface area contributed by atoms with Crippen molar-refractivity contribution in [2.24, 2.45) is 0 Å². The average molecular weight is 365 g/mol. The smallest absolute Gasteiger partial charge is 0.232 e. The monoisotopic (exact) mass is 364 g/mol. The standard InChI is InChI=1S/C22H24N2OS/c1-24(2)19(20-14-9-15-26-20)16-23-22(25)21(17-10-5-3-6-11-17)18-12-7-4-8-13-18/h3-15,19,21H,16H2,1-2H3,(H,23,25)/t19-/m0/s1. The van der Waals surface area contributed by atoms with Crippen molar-refractivity contribution in [1.29, 1.82) is 0 Å². The Hall–Kier alpha value is -2.43. The largest absolute Gasteiger partial charge is 0.353 e. The molecule has 4 heteroatoms. The van der Waals surface area contributed by atoms with Crippen LogP contribution in [0.1, 0.15) is 28.0 Å². The van der Waals surface area contributed by atoms with E-state index in [2.05, 4.69) is 27.7 Å². The van der Waals surface area contributed by atoms with E-state index in [1.165, 1.54) is 4.88 Å². The molecule has 0 saturated heterocycles. The molecule has 0 aliphatic rings. The molecule has 0 bridgehead atoms. The predicted molar refractivity (Wildman–Crippen MR) is 108 cm³/mol. The summed E-state index contributed by atoms with van der Waals surface area (Å²) in [4.78, 5) is 16.5. The highest BCUT2D eigenvalue weighted by Crippen LogP contribution is 2.26. The van der Waals surface area contributed by atoms with Crippen molar-refractivity contribution in [2.45, 2.75) is 12.0 Å². The lowest BCUT2D eigenvalue weighted by Crippen LogP contribution is -2.37. The molecule has 0 aliphatic heterocycles. The molecular formula is C22H24N2OS. The molecule has 0 saturated carbocycles. The van der Waals surface area contributed by atoms with Gasteiger partial charge >= 0.3 is 0 Å². The molecule has 1 amide bonds. The Bertz CT molecular complexity index is 761. The van der Waals surface area contributed by atoms with Crippen LogP contribution < -0.4 is 5.32 Å². The molecule has 3 nitrogen and oxygen atoms in total. The number of rotatable bonds is 7. The molecule has 0 spiro atoms. The first-order valence-electron chi connectivity index (χ1n) is 8.74. The Labute approximate surface area is 159 Å². The Morgan fingerprint density at radius 3 is 1.96 bits per heavy atom. The van der Waals surface area contributed by atoms with Crippen molar-refractivity contribution in [3.8, 4) is 0 Å². The zero-order valence-corrected chi connectivity index (χ0v) is 15.9. The zero-order valence-electron chi connectivity index (χ0n) is 15.1. The summed E-state index contributed by atoms with van der Waals surface area (Å²) in [6, 6.07) is 24.3. The van der Waals surface area contributed by atoms with Crippen molar-refractivity contribution in [3.05, 3.63) is 94.2 Å². The number of nitrogens with zero attached hydrogens (tertiary/aromatic N) is 1. The van der Waals surface area contributed by atoms with E-state index < -0.39 is 0 Å². The number of thiophene rings is 1. The summed E-state index contributed by atoms with van der Waals surface area (Å²) in [5.41, 5.74) is 2.02. The van der Waals surface area contributed by atoms with Gasteiger partial charge in [-0.1, -0.05) is 66.7 Å². The van der Waals surface area contributed by atoms with Crippen LogP contribution in [0.25, 0.3) is 0 Å². The van der Waals surface area contributed by atoms with Gasteiger partial charge in [-0.05, 0) is 36.7 Å². The number of carbonyl (C=O) groups excluding carboxylic acids is 1. The van der Waals surface area contributed by atoms with E-state index in [1.54, 1.807) is 11.3 Å². The van der Waals surface area contributed by atoms with E-state index in [0.29, 0.717) is 6.54 Å². The van der Waals surface area contributed by atoms with Gasteiger partial charge in [-0.2, -0.15) is 0 Å². The number of benzene rings is 2. The SMILES string of the molecule is CN(C)[C@@H](CNC(=O)C(c1ccccc1)c1ccccc1)c1cccs1. The summed E-state index contributed by atoms with van der Waals surface area (Å²) in [6.45, 7) is 0.586. The Morgan fingerprint density at radius 1 is 0.923 bits per heavy atom. The number of hydrogen-bond donors (Lipinski definition) is 1. The van der Waals surface area contributed by atoms with E-state index in [0.717, 1.165) is 11.1 Å². The lowest BCUT2D eigenvalue weighted by Gasteiger charge is -2.25. The second kappa shape index (κ2) is 8.79. The fourth-order valence-corrected chi connectivity index (χ4v) is 4.03. The minimum Gasteiger partial charge on any atom is -0.353 e. The molecule has 3 aromatic rings. The Balaban J connectivity index is 1.80. The highest BCUT2D eigenvalue weighted by molar-refractivity contribution is 7.10. The van der Waals surface area contributed by atoms with Crippen LogP contribution in [-0.4, -0.2) is 31.4 Å². The first kappa shape index (κ1) is 18.4. The Kier molecular flexibility index (Phi) is 6.21. The maximum atomic E-state index is 13.1. The lowest BCUT2D eigenvalue weighted by atomic mass is 9.90. The van der Waals surface area contributed by atoms with Crippen LogP contribution in [0.5, 0.6) is 0 Å². The summed E-state index contributed by atoms with van der Waals surface area (Å²) >= 11 is 1.72. The molecule has 26 heavy (non-hydrogen) atoms. The van der Waals surface area contributed by atoms with Gasteiger partial charge in [0.1, 0.15) is 0 Å². The number of nitrogens with one attached hydrogen (secondary N) is 1. The van der Waals surface area contributed by atoms with Crippen LogP contribution in [0.2, 0.25) is 0 Å². The second-order valence-electron chi connectivity index (χ2n) is 6.49. The molecule has 0 aliphatic carbocycles. The molecule has 1 heterocycles. The second-order valence-corrected chi connectivity index (χ2v) is 7.47. The third-order valence-corrected chi connectivity index (χ3v) is 5.47. The van der Waals surface area contributed by atoms with Gasteiger partial charge in [0.25, 0.3) is 0 Å². The van der Waals surface area contributed by atoms with Gasteiger partial charge in [-0.25, -0.2) is 0 Å². The maximum Gasteiger partial charge on any atom is 0.232 e. The molecule has 1 aromatic heterocycles. The van der Waals surface area contributed by atoms with Gasteiger partial charge in [0.05, 0.1) is 12.0 Å².